The van der Waals surface area contributed by atoms with E-state index >= 15 is 0 Å². The summed E-state index contributed by atoms with van der Waals surface area (Å²) in [6.07, 6.45) is 6.74. The summed E-state index contributed by atoms with van der Waals surface area (Å²) >= 11 is 1.71. The Morgan fingerprint density at radius 3 is 2.59 bits per heavy atom. The standard InChI is InChI=1S/C24H26N4S/c1-18-8-10-21(11-9-18)23-16-29-24(26-22-7-4-6-19(2)20(22)3)28(23)14-5-13-27-15-12-25-17-27/h4,6-12,15-17H,5,13-14H2,1-3H3. The lowest BCUT2D eigenvalue weighted by Gasteiger charge is -2.10. The van der Waals surface area contributed by atoms with E-state index in [1.165, 1.54) is 27.9 Å². The van der Waals surface area contributed by atoms with Crippen LogP contribution in [-0.2, 0) is 13.1 Å². The zero-order chi connectivity index (χ0) is 20.2. The molecule has 0 atom stereocenters. The smallest absolute Gasteiger partial charge is 0.190 e. The van der Waals surface area contributed by atoms with Crippen LogP contribution in [-0.4, -0.2) is 14.1 Å². The second kappa shape index (κ2) is 8.62. The Morgan fingerprint density at radius 1 is 1.00 bits per heavy atom. The third-order valence-electron chi connectivity index (χ3n) is 5.29. The van der Waals surface area contributed by atoms with Gasteiger partial charge in [0.25, 0.3) is 0 Å². The fourth-order valence-electron chi connectivity index (χ4n) is 3.38. The van der Waals surface area contributed by atoms with E-state index in [1.54, 1.807) is 11.3 Å². The molecule has 0 N–H and O–H groups in total. The third-order valence-corrected chi connectivity index (χ3v) is 6.16. The summed E-state index contributed by atoms with van der Waals surface area (Å²) in [6.45, 7) is 8.26. The molecule has 2 heterocycles. The molecule has 4 aromatic rings. The van der Waals surface area contributed by atoms with E-state index in [9.17, 15) is 0 Å². The minimum atomic E-state index is 0.911. The van der Waals surface area contributed by atoms with Crippen LogP contribution in [0.5, 0.6) is 0 Å². The van der Waals surface area contributed by atoms with Gasteiger partial charge in [0.1, 0.15) is 0 Å². The molecule has 0 saturated heterocycles. The van der Waals surface area contributed by atoms with Crippen molar-refractivity contribution in [2.24, 2.45) is 4.99 Å². The number of hydrogen-bond acceptors (Lipinski definition) is 3. The number of aromatic nitrogens is 3. The zero-order valence-corrected chi connectivity index (χ0v) is 18.0. The van der Waals surface area contributed by atoms with Crippen molar-refractivity contribution in [1.29, 1.82) is 0 Å². The lowest BCUT2D eigenvalue weighted by molar-refractivity contribution is 0.559. The van der Waals surface area contributed by atoms with Gasteiger partial charge < -0.3 is 9.13 Å². The Morgan fingerprint density at radius 2 is 1.83 bits per heavy atom. The van der Waals surface area contributed by atoms with Gasteiger partial charge in [0.15, 0.2) is 4.80 Å². The van der Waals surface area contributed by atoms with E-state index in [0.717, 1.165) is 30.0 Å². The summed E-state index contributed by atoms with van der Waals surface area (Å²) in [5, 5.41) is 2.23. The average molecular weight is 403 g/mol. The van der Waals surface area contributed by atoms with E-state index in [4.69, 9.17) is 4.99 Å². The van der Waals surface area contributed by atoms with E-state index < -0.39 is 0 Å². The number of imidazole rings is 1. The summed E-state index contributed by atoms with van der Waals surface area (Å²) < 4.78 is 4.48. The van der Waals surface area contributed by atoms with Gasteiger partial charge in [0, 0.05) is 30.9 Å². The molecule has 0 radical (unpaired) electrons. The Bertz CT molecular complexity index is 1150. The number of hydrogen-bond donors (Lipinski definition) is 0. The van der Waals surface area contributed by atoms with E-state index in [1.807, 2.05) is 18.7 Å². The van der Waals surface area contributed by atoms with Crippen molar-refractivity contribution in [2.45, 2.75) is 40.3 Å². The van der Waals surface area contributed by atoms with Gasteiger partial charge in [0.2, 0.25) is 0 Å². The summed E-state index contributed by atoms with van der Waals surface area (Å²) in [6, 6.07) is 15.1. The molecule has 0 fully saturated rings. The number of thiazole rings is 1. The molecule has 5 heteroatoms. The maximum atomic E-state index is 5.04. The minimum Gasteiger partial charge on any atom is -0.337 e. The third kappa shape index (κ3) is 4.40. The SMILES string of the molecule is Cc1ccc(-c2csc(=Nc3cccc(C)c3C)n2CCCn2ccnc2)cc1. The van der Waals surface area contributed by atoms with Crippen LogP contribution in [0.1, 0.15) is 23.1 Å². The summed E-state index contributed by atoms with van der Waals surface area (Å²) in [7, 11) is 0. The molecule has 0 aliphatic carbocycles. The zero-order valence-electron chi connectivity index (χ0n) is 17.2. The van der Waals surface area contributed by atoms with Gasteiger partial charge in [-0.1, -0.05) is 42.0 Å². The van der Waals surface area contributed by atoms with Gasteiger partial charge in [-0.3, -0.25) is 0 Å². The van der Waals surface area contributed by atoms with Crippen molar-refractivity contribution in [3.05, 3.63) is 88.1 Å². The molecule has 148 valence electrons. The fourth-order valence-corrected chi connectivity index (χ4v) is 4.33. The maximum Gasteiger partial charge on any atom is 0.190 e. The lowest BCUT2D eigenvalue weighted by Crippen LogP contribution is -2.17. The molecule has 29 heavy (non-hydrogen) atoms. The van der Waals surface area contributed by atoms with Crippen molar-refractivity contribution >= 4 is 17.0 Å². The van der Waals surface area contributed by atoms with Crippen molar-refractivity contribution in [3.8, 4) is 11.3 Å². The van der Waals surface area contributed by atoms with Crippen LogP contribution in [0.25, 0.3) is 11.3 Å². The molecule has 0 bridgehead atoms. The molecular weight excluding hydrogens is 376 g/mol. The highest BCUT2D eigenvalue weighted by Gasteiger charge is 2.09. The molecule has 0 saturated carbocycles. The highest BCUT2D eigenvalue weighted by atomic mass is 32.1. The first kappa shape index (κ1) is 19.4. The average Bonchev–Trinajstić information content (AvgIpc) is 3.37. The number of benzene rings is 2. The second-order valence-corrected chi connectivity index (χ2v) is 8.24. The Kier molecular flexibility index (Phi) is 5.76. The first-order chi connectivity index (χ1) is 14.1. The molecule has 0 aliphatic rings. The maximum absolute atomic E-state index is 5.04. The van der Waals surface area contributed by atoms with Gasteiger partial charge in [-0.15, -0.1) is 11.3 Å². The molecule has 4 rings (SSSR count). The summed E-state index contributed by atoms with van der Waals surface area (Å²) in [5.41, 5.74) is 7.29. The predicted octanol–water partition coefficient (Wildman–Crippen LogP) is 5.66. The first-order valence-electron chi connectivity index (χ1n) is 9.94. The van der Waals surface area contributed by atoms with E-state index in [2.05, 4.69) is 82.7 Å². The van der Waals surface area contributed by atoms with Crippen molar-refractivity contribution < 1.29 is 0 Å². The van der Waals surface area contributed by atoms with E-state index in [-0.39, 0.29) is 0 Å². The molecule has 0 spiro atoms. The molecule has 0 unspecified atom stereocenters. The predicted molar refractivity (Wildman–Crippen MR) is 120 cm³/mol. The van der Waals surface area contributed by atoms with Crippen LogP contribution in [0.4, 0.5) is 5.69 Å². The summed E-state index contributed by atoms with van der Waals surface area (Å²) in [5.74, 6) is 0. The van der Waals surface area contributed by atoms with Crippen LogP contribution >= 0.6 is 11.3 Å². The van der Waals surface area contributed by atoms with Crippen LogP contribution in [0.2, 0.25) is 0 Å². The molecule has 2 aromatic heterocycles. The monoisotopic (exact) mass is 402 g/mol. The first-order valence-corrected chi connectivity index (χ1v) is 10.8. The van der Waals surface area contributed by atoms with Gasteiger partial charge in [-0.2, -0.15) is 0 Å². The molecule has 0 aliphatic heterocycles. The minimum absolute atomic E-state index is 0.911. The number of rotatable bonds is 6. The Labute approximate surface area is 175 Å². The largest absolute Gasteiger partial charge is 0.337 e. The van der Waals surface area contributed by atoms with Gasteiger partial charge in [0.05, 0.1) is 17.7 Å². The highest BCUT2D eigenvalue weighted by Crippen LogP contribution is 2.24. The van der Waals surface area contributed by atoms with Gasteiger partial charge in [-0.05, 0) is 49.9 Å². The van der Waals surface area contributed by atoms with Crippen LogP contribution in [0.3, 0.4) is 0 Å². The highest BCUT2D eigenvalue weighted by molar-refractivity contribution is 7.07. The Hall–Kier alpha value is -2.92. The second-order valence-electron chi connectivity index (χ2n) is 7.41. The van der Waals surface area contributed by atoms with Crippen LogP contribution in [0, 0.1) is 20.8 Å². The lowest BCUT2D eigenvalue weighted by atomic mass is 10.1. The topological polar surface area (TPSA) is 35.1 Å². The van der Waals surface area contributed by atoms with Crippen LogP contribution in [0.15, 0.2) is 71.6 Å². The van der Waals surface area contributed by atoms with Crippen LogP contribution < -0.4 is 4.80 Å². The number of nitrogens with zero attached hydrogens (tertiary/aromatic N) is 4. The molecule has 4 nitrogen and oxygen atoms in total. The van der Waals surface area contributed by atoms with Crippen molar-refractivity contribution in [3.63, 3.8) is 0 Å². The van der Waals surface area contributed by atoms with Crippen molar-refractivity contribution in [1.82, 2.24) is 14.1 Å². The quantitative estimate of drug-likeness (QED) is 0.410. The fraction of sp³-hybridized carbons (Fsp3) is 0.250. The van der Waals surface area contributed by atoms with Crippen molar-refractivity contribution in [2.75, 3.05) is 0 Å². The Balaban J connectivity index is 1.73. The molecule has 2 aromatic carbocycles. The van der Waals surface area contributed by atoms with E-state index in [0.29, 0.717) is 0 Å². The molecule has 0 amide bonds. The normalized spacial score (nSPS) is 11.9. The van der Waals surface area contributed by atoms with Gasteiger partial charge in [-0.25, -0.2) is 9.98 Å². The number of aryl methyl sites for hydroxylation is 3. The summed E-state index contributed by atoms with van der Waals surface area (Å²) in [4.78, 5) is 10.2. The van der Waals surface area contributed by atoms with Gasteiger partial charge >= 0.3 is 0 Å². The molecular formula is C24H26N4S.